The van der Waals surface area contributed by atoms with E-state index in [0.717, 1.165) is 24.5 Å². The lowest BCUT2D eigenvalue weighted by molar-refractivity contribution is 0.558. The minimum Gasteiger partial charge on any atom is -0.354 e. The molecule has 0 aliphatic heterocycles. The summed E-state index contributed by atoms with van der Waals surface area (Å²) in [5.74, 6) is 1.16. The quantitative estimate of drug-likeness (QED) is 0.822. The Bertz CT molecular complexity index is 391. The monoisotopic (exact) mass is 267 g/mol. The molecule has 4 heteroatoms. The first-order valence-corrected chi connectivity index (χ1v) is 7.07. The predicted molar refractivity (Wildman–Crippen MR) is 78.9 cm³/mol. The molecule has 3 nitrogen and oxygen atoms in total. The van der Waals surface area contributed by atoms with Gasteiger partial charge in [0.25, 0.3) is 0 Å². The lowest BCUT2D eigenvalue weighted by Gasteiger charge is -2.31. The summed E-state index contributed by atoms with van der Waals surface area (Å²) in [6, 6.07) is 1.93. The Kier molecular flexibility index (Phi) is 6.22. The Morgan fingerprint density at radius 3 is 2.53 bits per heavy atom. The fourth-order valence-corrected chi connectivity index (χ4v) is 2.06. The van der Waals surface area contributed by atoms with Crippen molar-refractivity contribution in [1.82, 2.24) is 10.3 Å². The molecule has 0 radical (unpaired) electrons. The number of nitrogens with zero attached hydrogens (tertiary/aromatic N) is 2. The maximum Gasteiger partial charge on any atom is 0.141 e. The van der Waals surface area contributed by atoms with Crippen LogP contribution in [0.3, 0.4) is 0 Å². The number of rotatable bonds is 7. The molecule has 0 atom stereocenters. The summed E-state index contributed by atoms with van der Waals surface area (Å²) >= 11 is 0. The van der Waals surface area contributed by atoms with E-state index in [-0.39, 0.29) is 5.82 Å². The highest BCUT2D eigenvalue weighted by molar-refractivity contribution is 5.47. The first-order valence-electron chi connectivity index (χ1n) is 7.07. The zero-order valence-corrected chi connectivity index (χ0v) is 12.7. The van der Waals surface area contributed by atoms with Gasteiger partial charge in [-0.1, -0.05) is 20.8 Å². The topological polar surface area (TPSA) is 28.2 Å². The van der Waals surface area contributed by atoms with E-state index in [0.29, 0.717) is 18.5 Å². The molecule has 0 fully saturated rings. The lowest BCUT2D eigenvalue weighted by Crippen LogP contribution is -2.36. The van der Waals surface area contributed by atoms with Crippen LogP contribution in [-0.4, -0.2) is 24.1 Å². The molecule has 0 saturated carbocycles. The molecular formula is C15H26FN3. The van der Waals surface area contributed by atoms with Crippen molar-refractivity contribution in [3.05, 3.63) is 23.6 Å². The number of aromatic nitrogens is 1. The van der Waals surface area contributed by atoms with Crippen molar-refractivity contribution in [1.29, 1.82) is 0 Å². The van der Waals surface area contributed by atoms with Gasteiger partial charge in [-0.2, -0.15) is 0 Å². The number of pyridine rings is 1. The standard InChI is InChI=1S/C15H26FN3/c1-6-17-8-13-7-14(16)9-18-15(13)19(12(4)5)10-11(2)3/h7,9,11-12,17H,6,8,10H2,1-5H3. The van der Waals surface area contributed by atoms with Crippen molar-refractivity contribution in [2.45, 2.75) is 47.2 Å². The van der Waals surface area contributed by atoms with Crippen molar-refractivity contribution in [2.24, 2.45) is 5.92 Å². The van der Waals surface area contributed by atoms with Gasteiger partial charge in [0, 0.05) is 24.7 Å². The summed E-state index contributed by atoms with van der Waals surface area (Å²) in [6.45, 7) is 13.1. The van der Waals surface area contributed by atoms with Crippen LogP contribution in [0.4, 0.5) is 10.2 Å². The molecule has 1 heterocycles. The Morgan fingerprint density at radius 2 is 2.00 bits per heavy atom. The van der Waals surface area contributed by atoms with Gasteiger partial charge in [-0.15, -0.1) is 0 Å². The van der Waals surface area contributed by atoms with E-state index in [9.17, 15) is 4.39 Å². The number of hydrogen-bond acceptors (Lipinski definition) is 3. The highest BCUT2D eigenvalue weighted by Gasteiger charge is 2.17. The summed E-state index contributed by atoms with van der Waals surface area (Å²) in [6.07, 6.45) is 1.31. The van der Waals surface area contributed by atoms with Crippen molar-refractivity contribution >= 4 is 5.82 Å². The second-order valence-corrected chi connectivity index (χ2v) is 5.56. The normalized spacial score (nSPS) is 11.4. The Balaban J connectivity index is 3.06. The van der Waals surface area contributed by atoms with Gasteiger partial charge in [-0.05, 0) is 32.4 Å². The second-order valence-electron chi connectivity index (χ2n) is 5.56. The van der Waals surface area contributed by atoms with Gasteiger partial charge in [0.05, 0.1) is 6.20 Å². The number of hydrogen-bond donors (Lipinski definition) is 1. The third-order valence-electron chi connectivity index (χ3n) is 2.93. The maximum absolute atomic E-state index is 13.4. The molecule has 0 unspecified atom stereocenters. The molecule has 0 bridgehead atoms. The summed E-state index contributed by atoms with van der Waals surface area (Å²) in [5.41, 5.74) is 0.927. The van der Waals surface area contributed by atoms with Crippen LogP contribution in [0, 0.1) is 11.7 Å². The zero-order valence-electron chi connectivity index (χ0n) is 12.7. The fourth-order valence-electron chi connectivity index (χ4n) is 2.06. The van der Waals surface area contributed by atoms with Gasteiger partial charge in [-0.25, -0.2) is 9.37 Å². The van der Waals surface area contributed by atoms with Crippen LogP contribution in [-0.2, 0) is 6.54 Å². The molecule has 1 aromatic heterocycles. The first-order chi connectivity index (χ1) is 8.95. The van der Waals surface area contributed by atoms with Crippen LogP contribution in [0.5, 0.6) is 0 Å². The number of anilines is 1. The molecule has 108 valence electrons. The summed E-state index contributed by atoms with van der Waals surface area (Å²) in [4.78, 5) is 6.56. The highest BCUT2D eigenvalue weighted by Crippen LogP contribution is 2.22. The van der Waals surface area contributed by atoms with Gasteiger partial charge in [0.2, 0.25) is 0 Å². The van der Waals surface area contributed by atoms with Gasteiger partial charge in [0.1, 0.15) is 11.6 Å². The van der Waals surface area contributed by atoms with Gasteiger partial charge >= 0.3 is 0 Å². The van der Waals surface area contributed by atoms with Crippen molar-refractivity contribution < 1.29 is 4.39 Å². The number of halogens is 1. The van der Waals surface area contributed by atoms with Crippen molar-refractivity contribution in [2.75, 3.05) is 18.0 Å². The van der Waals surface area contributed by atoms with Crippen LogP contribution in [0.2, 0.25) is 0 Å². The van der Waals surface area contributed by atoms with E-state index in [1.807, 2.05) is 6.92 Å². The van der Waals surface area contributed by atoms with Crippen molar-refractivity contribution in [3.63, 3.8) is 0 Å². The molecule has 19 heavy (non-hydrogen) atoms. The largest absolute Gasteiger partial charge is 0.354 e. The van der Waals surface area contributed by atoms with Gasteiger partial charge in [0.15, 0.2) is 0 Å². The van der Waals surface area contributed by atoms with Crippen LogP contribution >= 0.6 is 0 Å². The zero-order chi connectivity index (χ0) is 14.4. The van der Waals surface area contributed by atoms with E-state index in [4.69, 9.17) is 0 Å². The van der Waals surface area contributed by atoms with E-state index in [1.54, 1.807) is 6.07 Å². The van der Waals surface area contributed by atoms with E-state index < -0.39 is 0 Å². The van der Waals surface area contributed by atoms with E-state index >= 15 is 0 Å². The molecule has 1 rings (SSSR count). The van der Waals surface area contributed by atoms with Crippen LogP contribution in [0.1, 0.15) is 40.2 Å². The molecule has 0 amide bonds. The Labute approximate surface area is 116 Å². The smallest absolute Gasteiger partial charge is 0.141 e. The Morgan fingerprint density at radius 1 is 1.32 bits per heavy atom. The molecule has 1 aromatic rings. The van der Waals surface area contributed by atoms with Gasteiger partial charge in [-0.3, -0.25) is 0 Å². The summed E-state index contributed by atoms with van der Waals surface area (Å²) in [7, 11) is 0. The van der Waals surface area contributed by atoms with Gasteiger partial charge < -0.3 is 10.2 Å². The molecular weight excluding hydrogens is 241 g/mol. The van der Waals surface area contributed by atoms with Crippen LogP contribution in [0.25, 0.3) is 0 Å². The molecule has 0 aromatic carbocycles. The second kappa shape index (κ2) is 7.43. The average Bonchev–Trinajstić information content (AvgIpc) is 2.33. The van der Waals surface area contributed by atoms with Crippen LogP contribution < -0.4 is 10.2 Å². The van der Waals surface area contributed by atoms with Crippen molar-refractivity contribution in [3.8, 4) is 0 Å². The first kappa shape index (κ1) is 15.9. The highest BCUT2D eigenvalue weighted by atomic mass is 19.1. The third-order valence-corrected chi connectivity index (χ3v) is 2.93. The van der Waals surface area contributed by atoms with E-state index in [1.165, 1.54) is 6.20 Å². The molecule has 0 spiro atoms. The van der Waals surface area contributed by atoms with E-state index in [2.05, 4.69) is 42.9 Å². The number of nitrogens with one attached hydrogen (secondary N) is 1. The van der Waals surface area contributed by atoms with Crippen LogP contribution in [0.15, 0.2) is 12.3 Å². The average molecular weight is 267 g/mol. The lowest BCUT2D eigenvalue weighted by atomic mass is 10.1. The Hall–Kier alpha value is -1.16. The maximum atomic E-state index is 13.4. The molecule has 0 aliphatic rings. The predicted octanol–water partition coefficient (Wildman–Crippen LogP) is 3.20. The molecule has 0 aliphatic carbocycles. The molecule has 1 N–H and O–H groups in total. The molecule has 0 saturated heterocycles. The minimum atomic E-state index is -0.273. The SMILES string of the molecule is CCNCc1cc(F)cnc1N(CC(C)C)C(C)C. The third kappa shape index (κ3) is 4.78. The minimum absolute atomic E-state index is 0.273. The summed E-state index contributed by atoms with van der Waals surface area (Å²) < 4.78 is 13.4. The fraction of sp³-hybridized carbons (Fsp3) is 0.667. The summed E-state index contributed by atoms with van der Waals surface area (Å²) in [5, 5.41) is 3.25.